The summed E-state index contributed by atoms with van der Waals surface area (Å²) >= 11 is 0. The van der Waals surface area contributed by atoms with Crippen LogP contribution in [0.3, 0.4) is 0 Å². The third-order valence-corrected chi connectivity index (χ3v) is 12.8. The largest absolute Gasteiger partial charge is 0.462 e. The number of hydrogen-bond donors (Lipinski definition) is 0. The lowest BCUT2D eigenvalue weighted by Gasteiger charge is -2.18. The van der Waals surface area contributed by atoms with E-state index in [1.807, 2.05) is 0 Å². The third kappa shape index (κ3) is 49.4. The Morgan fingerprint density at radius 3 is 0.790 bits per heavy atom. The maximum absolute atomic E-state index is 12.8. The Bertz CT molecular complexity index is 933. The monoisotopic (exact) mass is 877 g/mol. The third-order valence-electron chi connectivity index (χ3n) is 12.8. The highest BCUT2D eigenvalue weighted by Crippen LogP contribution is 2.18. The van der Waals surface area contributed by atoms with Gasteiger partial charge in [-0.15, -0.1) is 0 Å². The van der Waals surface area contributed by atoms with Crippen molar-refractivity contribution in [1.29, 1.82) is 0 Å². The molecule has 0 aromatic heterocycles. The predicted octanol–water partition coefficient (Wildman–Crippen LogP) is 18.2. The zero-order valence-corrected chi connectivity index (χ0v) is 42.3. The van der Waals surface area contributed by atoms with E-state index in [0.717, 1.165) is 63.7 Å². The van der Waals surface area contributed by atoms with E-state index < -0.39 is 6.10 Å². The molecule has 0 aliphatic heterocycles. The summed E-state index contributed by atoms with van der Waals surface area (Å²) in [5.41, 5.74) is 0. The average Bonchev–Trinajstić information content (AvgIpc) is 3.26. The lowest BCUT2D eigenvalue weighted by molar-refractivity contribution is -0.167. The van der Waals surface area contributed by atoms with Crippen molar-refractivity contribution in [3.05, 3.63) is 0 Å². The van der Waals surface area contributed by atoms with Crippen LogP contribution >= 0.6 is 0 Å². The van der Waals surface area contributed by atoms with Gasteiger partial charge in [0.15, 0.2) is 6.10 Å². The molecule has 1 atom stereocenters. The Balaban J connectivity index is 4.23. The number of ether oxygens (including phenoxy) is 3. The van der Waals surface area contributed by atoms with E-state index >= 15 is 0 Å². The van der Waals surface area contributed by atoms with E-state index in [4.69, 9.17) is 14.2 Å². The summed E-state index contributed by atoms with van der Waals surface area (Å²) in [6, 6.07) is 0. The number of unbranched alkanes of at least 4 members (excludes halogenated alkanes) is 38. The van der Waals surface area contributed by atoms with Gasteiger partial charge >= 0.3 is 17.9 Å². The fraction of sp³-hybridized carbons (Fsp3) is 0.946. The zero-order chi connectivity index (χ0) is 45.2. The Kier molecular flexibility index (Phi) is 49.1. The SMILES string of the molecule is CCCCCCCCCCCCCCCCCCCCCC(=O)OC[C@H](COC(=O)CCCCCCCCCCCCCCCC)OC(=O)CCCCCCCCCCC(C)C. The van der Waals surface area contributed by atoms with Crippen LogP contribution < -0.4 is 0 Å². The molecule has 62 heavy (non-hydrogen) atoms. The molecule has 0 unspecified atom stereocenters. The van der Waals surface area contributed by atoms with Gasteiger partial charge in [0.1, 0.15) is 13.2 Å². The van der Waals surface area contributed by atoms with Crippen LogP contribution in [0.25, 0.3) is 0 Å². The minimum absolute atomic E-state index is 0.0629. The van der Waals surface area contributed by atoms with Crippen LogP contribution in [-0.2, 0) is 28.6 Å². The van der Waals surface area contributed by atoms with Crippen LogP contribution in [0.4, 0.5) is 0 Å². The molecular formula is C56H108O6. The highest BCUT2D eigenvalue weighted by molar-refractivity contribution is 5.71. The molecule has 0 aliphatic carbocycles. The van der Waals surface area contributed by atoms with E-state index in [2.05, 4.69) is 27.7 Å². The quantitative estimate of drug-likeness (QED) is 0.0344. The van der Waals surface area contributed by atoms with Crippen molar-refractivity contribution in [2.75, 3.05) is 13.2 Å². The number of hydrogen-bond acceptors (Lipinski definition) is 6. The first-order chi connectivity index (χ1) is 30.4. The minimum Gasteiger partial charge on any atom is -0.462 e. The Labute approximate surface area is 387 Å². The standard InChI is InChI=1S/C56H108O6/c1-5-7-9-11-13-15-17-19-21-22-23-24-25-27-29-31-36-40-44-48-55(58)61-51-53(62-56(59)49-45-41-37-33-32-34-38-42-46-52(3)4)50-60-54(57)47-43-39-35-30-28-26-20-18-16-14-12-10-8-6-2/h52-53H,5-51H2,1-4H3/t53-/m0/s1. The smallest absolute Gasteiger partial charge is 0.306 e. The second kappa shape index (κ2) is 50.4. The zero-order valence-electron chi connectivity index (χ0n) is 42.3. The van der Waals surface area contributed by atoms with Gasteiger partial charge in [0.2, 0.25) is 0 Å². The molecular weight excluding hydrogens is 769 g/mol. The molecule has 6 heteroatoms. The summed E-state index contributed by atoms with van der Waals surface area (Å²) in [4.78, 5) is 38.0. The van der Waals surface area contributed by atoms with Crippen molar-refractivity contribution in [3.8, 4) is 0 Å². The predicted molar refractivity (Wildman–Crippen MR) is 266 cm³/mol. The summed E-state index contributed by atoms with van der Waals surface area (Å²) in [7, 11) is 0. The molecule has 0 aliphatic rings. The first kappa shape index (κ1) is 60.4. The molecule has 0 saturated carbocycles. The first-order valence-electron chi connectivity index (χ1n) is 27.9. The van der Waals surface area contributed by atoms with E-state index in [-0.39, 0.29) is 31.1 Å². The van der Waals surface area contributed by atoms with E-state index in [0.29, 0.717) is 19.3 Å². The van der Waals surface area contributed by atoms with Crippen molar-refractivity contribution in [1.82, 2.24) is 0 Å². The molecule has 0 fully saturated rings. The second-order valence-electron chi connectivity index (χ2n) is 19.7. The van der Waals surface area contributed by atoms with Crippen molar-refractivity contribution >= 4 is 17.9 Å². The van der Waals surface area contributed by atoms with E-state index in [9.17, 15) is 14.4 Å². The lowest BCUT2D eigenvalue weighted by Crippen LogP contribution is -2.30. The van der Waals surface area contributed by atoms with E-state index in [1.54, 1.807) is 0 Å². The second-order valence-corrected chi connectivity index (χ2v) is 19.7. The van der Waals surface area contributed by atoms with Crippen molar-refractivity contribution < 1.29 is 28.6 Å². The normalized spacial score (nSPS) is 12.0. The highest BCUT2D eigenvalue weighted by Gasteiger charge is 2.19. The maximum atomic E-state index is 12.8. The molecule has 0 N–H and O–H groups in total. The number of rotatable bonds is 51. The Hall–Kier alpha value is -1.59. The van der Waals surface area contributed by atoms with E-state index in [1.165, 1.54) is 212 Å². The molecule has 0 amide bonds. The van der Waals surface area contributed by atoms with Crippen molar-refractivity contribution in [2.24, 2.45) is 5.92 Å². The number of carbonyl (C=O) groups is 3. The lowest BCUT2D eigenvalue weighted by atomic mass is 10.0. The van der Waals surface area contributed by atoms with Gasteiger partial charge in [-0.1, -0.05) is 278 Å². The van der Waals surface area contributed by atoms with Crippen LogP contribution in [0.1, 0.15) is 317 Å². The first-order valence-corrected chi connectivity index (χ1v) is 27.9. The molecule has 0 saturated heterocycles. The Morgan fingerprint density at radius 1 is 0.306 bits per heavy atom. The van der Waals surface area contributed by atoms with Crippen molar-refractivity contribution in [3.63, 3.8) is 0 Å². The molecule has 0 bridgehead atoms. The van der Waals surface area contributed by atoms with Crippen LogP contribution in [0.5, 0.6) is 0 Å². The highest BCUT2D eigenvalue weighted by atomic mass is 16.6. The van der Waals surface area contributed by atoms with Gasteiger partial charge in [-0.25, -0.2) is 0 Å². The fourth-order valence-corrected chi connectivity index (χ4v) is 8.57. The van der Waals surface area contributed by atoms with Gasteiger partial charge in [0, 0.05) is 19.3 Å². The molecule has 0 radical (unpaired) electrons. The number of esters is 3. The van der Waals surface area contributed by atoms with Crippen molar-refractivity contribution in [2.45, 2.75) is 323 Å². The van der Waals surface area contributed by atoms with Gasteiger partial charge in [0.05, 0.1) is 0 Å². The molecule has 0 aromatic carbocycles. The van der Waals surface area contributed by atoms with Crippen LogP contribution in [0.2, 0.25) is 0 Å². The average molecular weight is 877 g/mol. The van der Waals surface area contributed by atoms with Gasteiger partial charge in [-0.2, -0.15) is 0 Å². The fourth-order valence-electron chi connectivity index (χ4n) is 8.57. The summed E-state index contributed by atoms with van der Waals surface area (Å²) in [6.45, 7) is 9.01. The topological polar surface area (TPSA) is 78.9 Å². The van der Waals surface area contributed by atoms with Crippen LogP contribution in [-0.4, -0.2) is 37.2 Å². The molecule has 0 heterocycles. The van der Waals surface area contributed by atoms with Crippen LogP contribution in [0, 0.1) is 5.92 Å². The summed E-state index contributed by atoms with van der Waals surface area (Å²) in [5.74, 6) is -0.0485. The molecule has 0 spiro atoms. The van der Waals surface area contributed by atoms with Gasteiger partial charge in [-0.05, 0) is 25.2 Å². The number of carbonyl (C=O) groups excluding carboxylic acids is 3. The van der Waals surface area contributed by atoms with Gasteiger partial charge in [0.25, 0.3) is 0 Å². The maximum Gasteiger partial charge on any atom is 0.306 e. The Morgan fingerprint density at radius 2 is 0.532 bits per heavy atom. The molecule has 368 valence electrons. The molecule has 6 nitrogen and oxygen atoms in total. The van der Waals surface area contributed by atoms with Crippen LogP contribution in [0.15, 0.2) is 0 Å². The summed E-state index contributed by atoms with van der Waals surface area (Å²) in [5, 5.41) is 0. The molecule has 0 aromatic rings. The van der Waals surface area contributed by atoms with Gasteiger partial charge < -0.3 is 14.2 Å². The van der Waals surface area contributed by atoms with Gasteiger partial charge in [-0.3, -0.25) is 14.4 Å². The molecule has 0 rings (SSSR count). The minimum atomic E-state index is -0.761. The summed E-state index contributed by atoms with van der Waals surface area (Å²) in [6.07, 6.45) is 53.9. The summed E-state index contributed by atoms with van der Waals surface area (Å²) < 4.78 is 16.8.